The van der Waals surface area contributed by atoms with E-state index in [2.05, 4.69) is 15.1 Å². The Morgan fingerprint density at radius 3 is 2.20 bits per heavy atom. The van der Waals surface area contributed by atoms with Gasteiger partial charge in [-0.2, -0.15) is 18.2 Å². The van der Waals surface area contributed by atoms with Crippen LogP contribution in [0, 0.1) is 6.92 Å². The maximum absolute atomic E-state index is 13.3. The van der Waals surface area contributed by atoms with E-state index in [1.54, 1.807) is 35.0 Å². The van der Waals surface area contributed by atoms with Crippen LogP contribution in [0.4, 0.5) is 0 Å². The summed E-state index contributed by atoms with van der Waals surface area (Å²) in [5, 5.41) is 14.2. The molecule has 0 unspecified atom stereocenters. The molecule has 4 rings (SSSR count). The van der Waals surface area contributed by atoms with Crippen LogP contribution in [0.25, 0.3) is 16.9 Å². The van der Waals surface area contributed by atoms with Crippen molar-refractivity contribution >= 4 is 50.9 Å². The van der Waals surface area contributed by atoms with E-state index in [9.17, 15) is 13.2 Å². The van der Waals surface area contributed by atoms with Crippen molar-refractivity contribution in [2.45, 2.75) is 44.7 Å². The van der Waals surface area contributed by atoms with Crippen molar-refractivity contribution in [3.63, 3.8) is 0 Å². The van der Waals surface area contributed by atoms with Crippen LogP contribution >= 0.6 is 34.8 Å². The Morgan fingerprint density at radius 2 is 1.60 bits per heavy atom. The maximum Gasteiger partial charge on any atom is 0.274 e. The summed E-state index contributed by atoms with van der Waals surface area (Å²) in [5.41, 5.74) is 3.06. The lowest BCUT2D eigenvalue weighted by molar-refractivity contribution is 0.0919. The Morgan fingerprint density at radius 1 is 1.00 bits per heavy atom. The van der Waals surface area contributed by atoms with Crippen LogP contribution in [0.15, 0.2) is 42.5 Å². The van der Waals surface area contributed by atoms with Crippen molar-refractivity contribution in [3.05, 3.63) is 68.8 Å². The highest BCUT2D eigenvalue weighted by molar-refractivity contribution is 7.87. The molecule has 1 aromatic heterocycles. The van der Waals surface area contributed by atoms with Gasteiger partial charge in [-0.15, -0.1) is 0 Å². The maximum atomic E-state index is 13.3. The van der Waals surface area contributed by atoms with Gasteiger partial charge in [0, 0.05) is 33.3 Å². The topological polar surface area (TPSA) is 119 Å². The highest BCUT2D eigenvalue weighted by Gasteiger charge is 2.28. The van der Waals surface area contributed by atoms with E-state index in [1.165, 1.54) is 0 Å². The molecule has 1 saturated carbocycles. The molecule has 1 heterocycles. The van der Waals surface area contributed by atoms with Crippen molar-refractivity contribution in [2.24, 2.45) is 5.14 Å². The molecule has 3 aromatic rings. The second-order valence-electron chi connectivity index (χ2n) is 8.52. The fourth-order valence-electron chi connectivity index (χ4n) is 4.33. The number of carbonyl (C=O) groups excluding carboxylic acids is 1. The number of hydrogen-bond acceptors (Lipinski definition) is 4. The number of nitrogens with two attached hydrogens (primary N) is 1. The minimum atomic E-state index is -3.75. The Kier molecular flexibility index (Phi) is 7.75. The number of amides is 1. The molecular formula is C23H24Cl3N5O3S. The quantitative estimate of drug-likeness (QED) is 0.410. The first-order valence-corrected chi connectivity index (χ1v) is 13.6. The fraction of sp³-hybridized carbons (Fsp3) is 0.304. The number of nitrogens with one attached hydrogen (secondary N) is 2. The van der Waals surface area contributed by atoms with E-state index in [-0.39, 0.29) is 23.7 Å². The van der Waals surface area contributed by atoms with Gasteiger partial charge in [-0.1, -0.05) is 46.9 Å². The van der Waals surface area contributed by atoms with Gasteiger partial charge >= 0.3 is 0 Å². The molecule has 2 aromatic carbocycles. The molecule has 35 heavy (non-hydrogen) atoms. The summed E-state index contributed by atoms with van der Waals surface area (Å²) < 4.78 is 26.6. The number of rotatable bonds is 6. The second-order valence-corrected chi connectivity index (χ2v) is 11.1. The largest absolute Gasteiger partial charge is 0.348 e. The number of aromatic nitrogens is 2. The molecule has 0 radical (unpaired) electrons. The van der Waals surface area contributed by atoms with Gasteiger partial charge in [0.05, 0.1) is 16.4 Å². The second kappa shape index (κ2) is 10.5. The predicted octanol–water partition coefficient (Wildman–Crippen LogP) is 4.64. The Bertz CT molecular complexity index is 1350. The molecular weight excluding hydrogens is 533 g/mol. The highest BCUT2D eigenvalue weighted by atomic mass is 35.5. The standard InChI is InChI=1S/C23H24Cl3N5O3S/c1-13-21(23(32)28-17-7-9-18(10-8-17)30-35(27,33)34)29-31(20-11-6-16(25)12-19(20)26)22(13)14-2-4-15(24)5-3-14/h2-6,11-12,17-18,30H,7-10H2,1H3,(H,28,32)(H2,27,33,34)/t17-,18-. The molecule has 186 valence electrons. The van der Waals surface area contributed by atoms with Crippen LogP contribution in [0.1, 0.15) is 41.7 Å². The normalized spacial score (nSPS) is 18.4. The average molecular weight is 557 g/mol. The lowest BCUT2D eigenvalue weighted by atomic mass is 9.91. The van der Waals surface area contributed by atoms with Crippen molar-refractivity contribution in [3.8, 4) is 16.9 Å². The molecule has 0 atom stereocenters. The first-order valence-electron chi connectivity index (χ1n) is 10.9. The van der Waals surface area contributed by atoms with E-state index in [4.69, 9.17) is 39.9 Å². The summed E-state index contributed by atoms with van der Waals surface area (Å²) in [7, 11) is -3.75. The van der Waals surface area contributed by atoms with Gasteiger partial charge in [0.25, 0.3) is 16.1 Å². The zero-order valence-electron chi connectivity index (χ0n) is 18.8. The van der Waals surface area contributed by atoms with Gasteiger partial charge in [-0.25, -0.2) is 9.82 Å². The zero-order chi connectivity index (χ0) is 25.3. The Labute approximate surface area is 218 Å². The highest BCUT2D eigenvalue weighted by Crippen LogP contribution is 2.33. The molecule has 1 amide bonds. The van der Waals surface area contributed by atoms with Gasteiger partial charge in [0.2, 0.25) is 0 Å². The van der Waals surface area contributed by atoms with Crippen molar-refractivity contribution < 1.29 is 13.2 Å². The molecule has 8 nitrogen and oxygen atoms in total. The first-order chi connectivity index (χ1) is 16.5. The van der Waals surface area contributed by atoms with Crippen molar-refractivity contribution in [2.75, 3.05) is 0 Å². The molecule has 0 aliphatic heterocycles. The summed E-state index contributed by atoms with van der Waals surface area (Å²) in [6.07, 6.45) is 2.38. The van der Waals surface area contributed by atoms with E-state index in [0.717, 1.165) is 5.56 Å². The minimum absolute atomic E-state index is 0.108. The third-order valence-corrected chi connectivity index (χ3v) is 7.44. The van der Waals surface area contributed by atoms with E-state index in [1.807, 2.05) is 19.1 Å². The molecule has 1 aliphatic rings. The number of benzene rings is 2. The molecule has 4 N–H and O–H groups in total. The lowest BCUT2D eigenvalue weighted by Crippen LogP contribution is -2.45. The minimum Gasteiger partial charge on any atom is -0.348 e. The third-order valence-electron chi connectivity index (χ3n) is 5.99. The van der Waals surface area contributed by atoms with Gasteiger partial charge in [0.15, 0.2) is 5.69 Å². The van der Waals surface area contributed by atoms with Crippen LogP contribution in [-0.4, -0.2) is 36.2 Å². The number of carbonyl (C=O) groups is 1. The fourth-order valence-corrected chi connectivity index (χ4v) is 5.64. The zero-order valence-corrected chi connectivity index (χ0v) is 21.8. The lowest BCUT2D eigenvalue weighted by Gasteiger charge is -2.28. The molecule has 0 spiro atoms. The van der Waals surface area contributed by atoms with E-state index in [0.29, 0.717) is 57.7 Å². The number of nitrogens with zero attached hydrogens (tertiary/aromatic N) is 2. The van der Waals surface area contributed by atoms with Gasteiger partial charge in [0.1, 0.15) is 0 Å². The summed E-state index contributed by atoms with van der Waals surface area (Å²) in [4.78, 5) is 13.3. The average Bonchev–Trinajstić information content (AvgIpc) is 3.11. The van der Waals surface area contributed by atoms with Crippen LogP contribution in [0.2, 0.25) is 15.1 Å². The summed E-state index contributed by atoms with van der Waals surface area (Å²) in [6, 6.07) is 12.0. The SMILES string of the molecule is Cc1c(C(=O)N[C@H]2CC[C@H](NS(N)(=O)=O)CC2)nn(-c2ccc(Cl)cc2Cl)c1-c1ccc(Cl)cc1. The van der Waals surface area contributed by atoms with Crippen LogP contribution in [0.5, 0.6) is 0 Å². The smallest absolute Gasteiger partial charge is 0.274 e. The van der Waals surface area contributed by atoms with Crippen LogP contribution in [0.3, 0.4) is 0 Å². The summed E-state index contributed by atoms with van der Waals surface area (Å²) in [6.45, 7) is 1.83. The Hall–Kier alpha value is -2.14. The Balaban J connectivity index is 1.63. The monoisotopic (exact) mass is 555 g/mol. The number of hydrogen-bond donors (Lipinski definition) is 3. The first kappa shape index (κ1) is 25.9. The van der Waals surface area contributed by atoms with Crippen LogP contribution < -0.4 is 15.2 Å². The van der Waals surface area contributed by atoms with Gasteiger partial charge < -0.3 is 5.32 Å². The predicted molar refractivity (Wildman–Crippen MR) is 139 cm³/mol. The van der Waals surface area contributed by atoms with Crippen molar-refractivity contribution in [1.82, 2.24) is 19.8 Å². The van der Waals surface area contributed by atoms with Crippen LogP contribution in [-0.2, 0) is 10.2 Å². The van der Waals surface area contributed by atoms with E-state index >= 15 is 0 Å². The molecule has 0 saturated heterocycles. The molecule has 1 aliphatic carbocycles. The molecule has 0 bridgehead atoms. The third kappa shape index (κ3) is 6.17. The van der Waals surface area contributed by atoms with Gasteiger partial charge in [-0.05, 0) is 62.9 Å². The van der Waals surface area contributed by atoms with Gasteiger partial charge in [-0.3, -0.25) is 4.79 Å². The summed E-state index contributed by atoms with van der Waals surface area (Å²) in [5.74, 6) is -0.315. The molecule has 12 heteroatoms. The van der Waals surface area contributed by atoms with Crippen molar-refractivity contribution in [1.29, 1.82) is 0 Å². The van der Waals surface area contributed by atoms with E-state index < -0.39 is 10.2 Å². The molecule has 1 fully saturated rings. The number of halogens is 3. The summed E-state index contributed by atoms with van der Waals surface area (Å²) >= 11 is 18.6.